The van der Waals surface area contributed by atoms with Crippen molar-refractivity contribution < 1.29 is 13.2 Å². The number of sulfonamides is 1. The van der Waals surface area contributed by atoms with Gasteiger partial charge in [0.1, 0.15) is 4.90 Å². The summed E-state index contributed by atoms with van der Waals surface area (Å²) in [5.74, 6) is 0.364. The topological polar surface area (TPSA) is 46.6 Å². The lowest BCUT2D eigenvalue weighted by molar-refractivity contribution is 0.0688. The lowest BCUT2D eigenvalue weighted by Gasteiger charge is -2.31. The zero-order valence-electron chi connectivity index (χ0n) is 15.2. The van der Waals surface area contributed by atoms with Gasteiger partial charge in [-0.3, -0.25) is 0 Å². The van der Waals surface area contributed by atoms with Crippen LogP contribution in [0, 0.1) is 12.8 Å². The average Bonchev–Trinajstić information content (AvgIpc) is 2.66. The molecule has 0 aromatic heterocycles. The molecule has 0 radical (unpaired) electrons. The Bertz CT molecular complexity index is 880. The van der Waals surface area contributed by atoms with Crippen LogP contribution in [0.25, 0.3) is 0 Å². The first-order valence-electron chi connectivity index (χ1n) is 8.95. The van der Waals surface area contributed by atoms with Gasteiger partial charge in [-0.15, -0.1) is 0 Å². The van der Waals surface area contributed by atoms with E-state index < -0.39 is 10.0 Å². The van der Waals surface area contributed by atoms with Crippen molar-refractivity contribution in [3.05, 3.63) is 63.6 Å². The molecule has 1 saturated heterocycles. The van der Waals surface area contributed by atoms with Crippen LogP contribution in [0.3, 0.4) is 0 Å². The summed E-state index contributed by atoms with van der Waals surface area (Å²) in [6.45, 7) is 3.94. The van der Waals surface area contributed by atoms with Crippen molar-refractivity contribution in [2.75, 3.05) is 19.7 Å². The molecular weight excluding hydrogens is 405 g/mol. The van der Waals surface area contributed by atoms with E-state index in [0.717, 1.165) is 18.4 Å². The number of ether oxygens (including phenoxy) is 1. The standard InChI is InChI=1S/C20H23Cl2NO3S/c1-15-11-20(19(22)12-18(15)21)27(24,25)23-9-7-17(8-10-23)14-26-13-16-5-3-2-4-6-16/h2-6,11-12,17H,7-10,13-14H2,1H3. The maximum atomic E-state index is 12.9. The van der Waals surface area contributed by atoms with Crippen LogP contribution in [-0.4, -0.2) is 32.4 Å². The van der Waals surface area contributed by atoms with Crippen LogP contribution in [0.15, 0.2) is 47.4 Å². The van der Waals surface area contributed by atoms with Crippen molar-refractivity contribution in [1.82, 2.24) is 4.31 Å². The number of benzene rings is 2. The molecular formula is C20H23Cl2NO3S. The summed E-state index contributed by atoms with van der Waals surface area (Å²) in [7, 11) is -3.62. The second-order valence-corrected chi connectivity index (χ2v) is 9.60. The third-order valence-corrected chi connectivity index (χ3v) is 7.64. The zero-order chi connectivity index (χ0) is 19.4. The van der Waals surface area contributed by atoms with Crippen LogP contribution >= 0.6 is 23.2 Å². The SMILES string of the molecule is Cc1cc(S(=O)(=O)N2CCC(COCc3ccccc3)CC2)c(Cl)cc1Cl. The summed E-state index contributed by atoms with van der Waals surface area (Å²) in [6, 6.07) is 13.1. The molecule has 0 saturated carbocycles. The van der Waals surface area contributed by atoms with Crippen LogP contribution in [-0.2, 0) is 21.4 Å². The second kappa shape index (κ2) is 8.93. The lowest BCUT2D eigenvalue weighted by Crippen LogP contribution is -2.39. The molecule has 0 spiro atoms. The number of halogens is 2. The number of rotatable bonds is 6. The molecule has 7 heteroatoms. The molecule has 27 heavy (non-hydrogen) atoms. The van der Waals surface area contributed by atoms with Crippen LogP contribution < -0.4 is 0 Å². The van der Waals surface area contributed by atoms with E-state index in [1.807, 2.05) is 30.3 Å². The Hall–Kier alpha value is -1.11. The fourth-order valence-electron chi connectivity index (χ4n) is 3.20. The maximum absolute atomic E-state index is 12.9. The normalized spacial score (nSPS) is 16.6. The minimum Gasteiger partial charge on any atom is -0.376 e. The molecule has 1 aliphatic heterocycles. The van der Waals surface area contributed by atoms with Gasteiger partial charge in [-0.2, -0.15) is 4.31 Å². The van der Waals surface area contributed by atoms with Crippen molar-refractivity contribution in [3.63, 3.8) is 0 Å². The lowest BCUT2D eigenvalue weighted by atomic mass is 9.99. The van der Waals surface area contributed by atoms with E-state index in [1.165, 1.54) is 10.4 Å². The van der Waals surface area contributed by atoms with Gasteiger partial charge < -0.3 is 4.74 Å². The van der Waals surface area contributed by atoms with Crippen molar-refractivity contribution in [1.29, 1.82) is 0 Å². The quantitative estimate of drug-likeness (QED) is 0.656. The van der Waals surface area contributed by atoms with Crippen molar-refractivity contribution >= 4 is 33.2 Å². The molecule has 1 heterocycles. The Balaban J connectivity index is 1.56. The molecule has 0 amide bonds. The molecule has 3 rings (SSSR count). The van der Waals surface area contributed by atoms with E-state index in [9.17, 15) is 8.42 Å². The zero-order valence-corrected chi connectivity index (χ0v) is 17.5. The van der Waals surface area contributed by atoms with E-state index in [4.69, 9.17) is 27.9 Å². The number of aryl methyl sites for hydroxylation is 1. The van der Waals surface area contributed by atoms with Gasteiger partial charge in [0.05, 0.1) is 11.6 Å². The maximum Gasteiger partial charge on any atom is 0.244 e. The molecule has 0 N–H and O–H groups in total. The minimum atomic E-state index is -3.62. The third kappa shape index (κ3) is 5.04. The summed E-state index contributed by atoms with van der Waals surface area (Å²) in [5, 5.41) is 0.632. The average molecular weight is 428 g/mol. The van der Waals surface area contributed by atoms with Gasteiger partial charge in [-0.25, -0.2) is 8.42 Å². The molecule has 0 aliphatic carbocycles. The van der Waals surface area contributed by atoms with Crippen molar-refractivity contribution in [3.8, 4) is 0 Å². The van der Waals surface area contributed by atoms with E-state index in [1.54, 1.807) is 13.0 Å². The number of nitrogens with zero attached hydrogens (tertiary/aromatic N) is 1. The Kier molecular flexibility index (Phi) is 6.82. The summed E-state index contributed by atoms with van der Waals surface area (Å²) in [6.07, 6.45) is 1.55. The van der Waals surface area contributed by atoms with Gasteiger partial charge in [0.2, 0.25) is 10.0 Å². The second-order valence-electron chi connectivity index (χ2n) is 6.88. The smallest absolute Gasteiger partial charge is 0.244 e. The highest BCUT2D eigenvalue weighted by molar-refractivity contribution is 7.89. The predicted octanol–water partition coefficient (Wildman–Crippen LogP) is 4.92. The van der Waals surface area contributed by atoms with Crippen LogP contribution in [0.4, 0.5) is 0 Å². The van der Waals surface area contributed by atoms with Gasteiger partial charge in [-0.05, 0) is 48.9 Å². The highest BCUT2D eigenvalue weighted by atomic mass is 35.5. The summed E-state index contributed by atoms with van der Waals surface area (Å²) in [5.41, 5.74) is 1.84. The van der Waals surface area contributed by atoms with E-state index in [0.29, 0.717) is 42.8 Å². The Morgan fingerprint density at radius 3 is 2.41 bits per heavy atom. The van der Waals surface area contributed by atoms with Gasteiger partial charge in [0, 0.05) is 24.7 Å². The summed E-state index contributed by atoms with van der Waals surface area (Å²) in [4.78, 5) is 0.129. The van der Waals surface area contributed by atoms with Gasteiger partial charge in [0.15, 0.2) is 0 Å². The molecule has 4 nitrogen and oxygen atoms in total. The number of piperidine rings is 1. The van der Waals surface area contributed by atoms with Crippen molar-refractivity contribution in [2.24, 2.45) is 5.92 Å². The summed E-state index contributed by atoms with van der Waals surface area (Å²) >= 11 is 12.2. The third-order valence-electron chi connectivity index (χ3n) is 4.87. The fourth-order valence-corrected chi connectivity index (χ4v) is 5.48. The molecule has 0 bridgehead atoms. The molecule has 2 aromatic carbocycles. The fraction of sp³-hybridized carbons (Fsp3) is 0.400. The first-order valence-corrected chi connectivity index (χ1v) is 11.1. The largest absolute Gasteiger partial charge is 0.376 e. The molecule has 146 valence electrons. The summed E-state index contributed by atoms with van der Waals surface area (Å²) < 4.78 is 33.2. The first kappa shape index (κ1) is 20.6. The monoisotopic (exact) mass is 427 g/mol. The van der Waals surface area contributed by atoms with Gasteiger partial charge in [-0.1, -0.05) is 53.5 Å². The number of hydrogen-bond acceptors (Lipinski definition) is 3. The first-order chi connectivity index (χ1) is 12.9. The van der Waals surface area contributed by atoms with Gasteiger partial charge in [0.25, 0.3) is 0 Å². The predicted molar refractivity (Wildman–Crippen MR) is 109 cm³/mol. The van der Waals surface area contributed by atoms with Gasteiger partial charge >= 0.3 is 0 Å². The van der Waals surface area contributed by atoms with E-state index in [2.05, 4.69) is 0 Å². The molecule has 0 atom stereocenters. The highest BCUT2D eigenvalue weighted by Gasteiger charge is 2.31. The van der Waals surface area contributed by atoms with E-state index >= 15 is 0 Å². The number of hydrogen-bond donors (Lipinski definition) is 0. The molecule has 0 unspecified atom stereocenters. The Morgan fingerprint density at radius 2 is 1.74 bits per heavy atom. The molecule has 1 aliphatic rings. The molecule has 1 fully saturated rings. The van der Waals surface area contributed by atoms with Crippen LogP contribution in [0.2, 0.25) is 10.0 Å². The highest BCUT2D eigenvalue weighted by Crippen LogP contribution is 2.32. The van der Waals surface area contributed by atoms with E-state index in [-0.39, 0.29) is 9.92 Å². The van der Waals surface area contributed by atoms with Crippen LogP contribution in [0.5, 0.6) is 0 Å². The minimum absolute atomic E-state index is 0.129. The molecule has 2 aromatic rings. The Morgan fingerprint density at radius 1 is 1.07 bits per heavy atom. The Labute approximate surface area is 171 Å². The van der Waals surface area contributed by atoms with Crippen LogP contribution in [0.1, 0.15) is 24.0 Å². The van der Waals surface area contributed by atoms with Crippen molar-refractivity contribution in [2.45, 2.75) is 31.3 Å².